The fourth-order valence-corrected chi connectivity index (χ4v) is 5.27. The third kappa shape index (κ3) is 3.51. The van der Waals surface area contributed by atoms with Gasteiger partial charge in [-0.05, 0) is 43.0 Å². The highest BCUT2D eigenvalue weighted by Gasteiger charge is 2.27. The van der Waals surface area contributed by atoms with Crippen LogP contribution in [0.5, 0.6) is 0 Å². The largest absolute Gasteiger partial charge is 0.283 e. The second-order valence-corrected chi connectivity index (χ2v) is 9.52. The van der Waals surface area contributed by atoms with Gasteiger partial charge >= 0.3 is 0 Å². The zero-order chi connectivity index (χ0) is 21.4. The van der Waals surface area contributed by atoms with Crippen molar-refractivity contribution in [1.29, 1.82) is 0 Å². The Bertz CT molecular complexity index is 1370. The molecule has 0 unspecified atom stereocenters. The topological polar surface area (TPSA) is 52.0 Å². The summed E-state index contributed by atoms with van der Waals surface area (Å²) in [6.45, 7) is 1.94. The first-order valence-electron chi connectivity index (χ1n) is 10.3. The molecule has 0 N–H and O–H groups in total. The molecule has 0 bridgehead atoms. The minimum absolute atomic E-state index is 0.240. The molecule has 0 saturated heterocycles. The van der Waals surface area contributed by atoms with E-state index in [-0.39, 0.29) is 4.90 Å². The molecule has 1 aliphatic rings. The molecule has 0 amide bonds. The van der Waals surface area contributed by atoms with Crippen LogP contribution in [0.4, 0.5) is 0 Å². The molecule has 1 heterocycles. The van der Waals surface area contributed by atoms with Gasteiger partial charge in [-0.1, -0.05) is 84.4 Å². The number of nitrogens with zero attached hydrogens (tertiary/aromatic N) is 2. The summed E-state index contributed by atoms with van der Waals surface area (Å²) in [6.07, 6.45) is 5.67. The lowest BCUT2D eigenvalue weighted by Crippen LogP contribution is -2.16. The molecule has 3 aromatic carbocycles. The van der Waals surface area contributed by atoms with Crippen LogP contribution in [-0.2, 0) is 16.4 Å². The van der Waals surface area contributed by atoms with E-state index in [2.05, 4.69) is 23.3 Å². The Kier molecular flexibility index (Phi) is 4.83. The van der Waals surface area contributed by atoms with Crippen LogP contribution in [0.2, 0.25) is 0 Å². The lowest BCUT2D eigenvalue weighted by atomic mass is 9.97. The quantitative estimate of drug-likeness (QED) is 0.419. The Morgan fingerprint density at radius 1 is 0.806 bits per heavy atom. The van der Waals surface area contributed by atoms with E-state index in [1.54, 1.807) is 12.1 Å². The third-order valence-electron chi connectivity index (χ3n) is 5.61. The summed E-state index contributed by atoms with van der Waals surface area (Å²) >= 11 is 0. The fraction of sp³-hybridized carbons (Fsp3) is 0.115. The van der Waals surface area contributed by atoms with Crippen molar-refractivity contribution in [2.24, 2.45) is 0 Å². The van der Waals surface area contributed by atoms with Gasteiger partial charge in [0.15, 0.2) is 0 Å². The van der Waals surface area contributed by atoms with Crippen molar-refractivity contribution in [2.45, 2.75) is 24.7 Å². The molecule has 4 nitrogen and oxygen atoms in total. The Morgan fingerprint density at radius 2 is 1.45 bits per heavy atom. The van der Waals surface area contributed by atoms with E-state index in [1.165, 1.54) is 4.09 Å². The zero-order valence-corrected chi connectivity index (χ0v) is 18.0. The second kappa shape index (κ2) is 7.67. The highest BCUT2D eigenvalue weighted by Crippen LogP contribution is 2.34. The molecule has 4 aromatic rings. The van der Waals surface area contributed by atoms with Gasteiger partial charge in [0.25, 0.3) is 10.0 Å². The van der Waals surface area contributed by atoms with Gasteiger partial charge in [0.2, 0.25) is 0 Å². The number of benzene rings is 3. The van der Waals surface area contributed by atoms with Gasteiger partial charge in [-0.3, -0.25) is 0 Å². The van der Waals surface area contributed by atoms with Crippen LogP contribution >= 0.6 is 0 Å². The van der Waals surface area contributed by atoms with Gasteiger partial charge in [0.1, 0.15) is 0 Å². The smallest absolute Gasteiger partial charge is 0.199 e. The lowest BCUT2D eigenvalue weighted by molar-refractivity contribution is 0.580. The van der Waals surface area contributed by atoms with Crippen LogP contribution < -0.4 is 0 Å². The van der Waals surface area contributed by atoms with Crippen LogP contribution in [0.1, 0.15) is 23.2 Å². The summed E-state index contributed by atoms with van der Waals surface area (Å²) in [5, 5.41) is 4.56. The maximum absolute atomic E-state index is 13.5. The molecule has 1 aliphatic carbocycles. The molecule has 5 rings (SSSR count). The molecule has 0 radical (unpaired) electrons. The third-order valence-corrected chi connectivity index (χ3v) is 7.20. The van der Waals surface area contributed by atoms with Gasteiger partial charge < -0.3 is 0 Å². The first-order chi connectivity index (χ1) is 15.0. The predicted octanol–water partition coefficient (Wildman–Crippen LogP) is 5.72. The highest BCUT2D eigenvalue weighted by atomic mass is 32.2. The second-order valence-electron chi connectivity index (χ2n) is 7.75. The summed E-state index contributed by atoms with van der Waals surface area (Å²) in [5.41, 5.74) is 6.37. The van der Waals surface area contributed by atoms with Crippen LogP contribution in [0.25, 0.3) is 28.5 Å². The van der Waals surface area contributed by atoms with E-state index in [0.29, 0.717) is 5.69 Å². The maximum Gasteiger partial charge on any atom is 0.283 e. The average Bonchev–Trinajstić information content (AvgIpc) is 3.21. The molecule has 0 saturated carbocycles. The van der Waals surface area contributed by atoms with Crippen molar-refractivity contribution in [1.82, 2.24) is 9.19 Å². The van der Waals surface area contributed by atoms with Gasteiger partial charge in [0.05, 0.1) is 16.3 Å². The minimum Gasteiger partial charge on any atom is -0.199 e. The number of fused-ring (bicyclic) bond motifs is 1. The first kappa shape index (κ1) is 19.5. The first-order valence-corrected chi connectivity index (χ1v) is 11.7. The summed E-state index contributed by atoms with van der Waals surface area (Å²) in [5.74, 6) is 0. The van der Waals surface area contributed by atoms with E-state index in [0.717, 1.165) is 46.4 Å². The van der Waals surface area contributed by atoms with E-state index in [1.807, 2.05) is 67.6 Å². The van der Waals surface area contributed by atoms with E-state index in [4.69, 9.17) is 0 Å². The van der Waals surface area contributed by atoms with Crippen molar-refractivity contribution in [2.75, 3.05) is 0 Å². The van der Waals surface area contributed by atoms with Gasteiger partial charge in [-0.25, -0.2) is 0 Å². The van der Waals surface area contributed by atoms with Crippen LogP contribution in [0.15, 0.2) is 89.8 Å². The average molecular weight is 427 g/mol. The van der Waals surface area contributed by atoms with Crippen LogP contribution in [0, 0.1) is 6.92 Å². The van der Waals surface area contributed by atoms with Gasteiger partial charge in [0, 0.05) is 11.1 Å². The number of allylic oxidation sites excluding steroid dienone is 1. The molecule has 0 aliphatic heterocycles. The predicted molar refractivity (Wildman–Crippen MR) is 124 cm³/mol. The number of aryl methyl sites for hydroxylation is 2. The van der Waals surface area contributed by atoms with Crippen molar-refractivity contribution in [3.8, 4) is 22.4 Å². The Hall–Kier alpha value is -3.44. The standard InChI is InChI=1S/C26H22N2O2S/c1-19-11-17-23(18-12-19)31(29,30)28-26(24-9-5-6-10-25(24)27-28)22-15-13-21(14-16-22)20-7-3-2-4-8-20/h2-5,7-9,11-18H,6,10H2,1H3. The molecule has 154 valence electrons. The SMILES string of the molecule is Cc1ccc(S(=O)(=O)n2nc3c(c2-c2ccc(-c4ccccc4)cc2)C=CCC3)cc1. The summed E-state index contributed by atoms with van der Waals surface area (Å²) in [4.78, 5) is 0.240. The van der Waals surface area contributed by atoms with Crippen LogP contribution in [0.3, 0.4) is 0 Å². The molecule has 5 heteroatoms. The van der Waals surface area contributed by atoms with E-state index >= 15 is 0 Å². The van der Waals surface area contributed by atoms with Gasteiger partial charge in [-0.15, -0.1) is 0 Å². The van der Waals surface area contributed by atoms with E-state index in [9.17, 15) is 8.42 Å². The Labute approximate surface area is 182 Å². The molecular formula is C26H22N2O2S. The number of aromatic nitrogens is 2. The van der Waals surface area contributed by atoms with Crippen LogP contribution in [-0.4, -0.2) is 17.6 Å². The summed E-state index contributed by atoms with van der Waals surface area (Å²) < 4.78 is 28.3. The molecule has 1 aromatic heterocycles. The van der Waals surface area contributed by atoms with Crippen molar-refractivity contribution >= 4 is 16.1 Å². The van der Waals surface area contributed by atoms with Gasteiger partial charge in [-0.2, -0.15) is 17.6 Å². The number of rotatable bonds is 4. The van der Waals surface area contributed by atoms with Crippen molar-refractivity contribution in [3.63, 3.8) is 0 Å². The van der Waals surface area contributed by atoms with Crippen molar-refractivity contribution < 1.29 is 8.42 Å². The minimum atomic E-state index is -3.82. The number of hydrogen-bond acceptors (Lipinski definition) is 3. The number of hydrogen-bond donors (Lipinski definition) is 0. The van der Waals surface area contributed by atoms with Crippen molar-refractivity contribution in [3.05, 3.63) is 102 Å². The molecule has 31 heavy (non-hydrogen) atoms. The molecule has 0 fully saturated rings. The molecule has 0 spiro atoms. The zero-order valence-electron chi connectivity index (χ0n) is 17.2. The molecule has 0 atom stereocenters. The monoisotopic (exact) mass is 426 g/mol. The fourth-order valence-electron chi connectivity index (χ4n) is 3.94. The summed E-state index contributed by atoms with van der Waals surface area (Å²) in [7, 11) is -3.82. The van der Waals surface area contributed by atoms with E-state index < -0.39 is 10.0 Å². The Balaban J connectivity index is 1.66. The summed E-state index contributed by atoms with van der Waals surface area (Å²) in [6, 6.07) is 25.0. The Morgan fingerprint density at radius 3 is 2.16 bits per heavy atom. The molecular weight excluding hydrogens is 404 g/mol. The maximum atomic E-state index is 13.5. The normalized spacial score (nSPS) is 13.2. The highest BCUT2D eigenvalue weighted by molar-refractivity contribution is 7.90. The lowest BCUT2D eigenvalue weighted by Gasteiger charge is -2.11.